The number of halogens is 1. The molecule has 6 nitrogen and oxygen atoms in total. The summed E-state index contributed by atoms with van der Waals surface area (Å²) in [6.45, 7) is -0.200. The van der Waals surface area contributed by atoms with Gasteiger partial charge in [-0.1, -0.05) is 18.2 Å². The summed E-state index contributed by atoms with van der Waals surface area (Å²) in [6.07, 6.45) is 1.69. The molecule has 1 aliphatic heterocycles. The van der Waals surface area contributed by atoms with Crippen LogP contribution in [-0.2, 0) is 9.59 Å². The molecule has 1 aromatic rings. The second kappa shape index (κ2) is 7.89. The highest BCUT2D eigenvalue weighted by molar-refractivity contribution is 8.18. The summed E-state index contributed by atoms with van der Waals surface area (Å²) in [5.74, 6) is -1.62. The fourth-order valence-corrected chi connectivity index (χ4v) is 2.71. The molecule has 1 aromatic carbocycles. The zero-order chi connectivity index (χ0) is 16.8. The number of imide groups is 1. The summed E-state index contributed by atoms with van der Waals surface area (Å²) in [5.41, 5.74) is 0.199. The maximum atomic E-state index is 13.6. The minimum absolute atomic E-state index is 0.0623. The number of amides is 3. The number of hydrogen-bond acceptors (Lipinski definition) is 5. The quantitative estimate of drug-likeness (QED) is 0.604. The lowest BCUT2D eigenvalue weighted by Crippen LogP contribution is -2.39. The first-order chi connectivity index (χ1) is 11.0. The van der Waals surface area contributed by atoms with E-state index in [1.54, 1.807) is 6.07 Å². The van der Waals surface area contributed by atoms with E-state index in [1.807, 2.05) is 0 Å². The SMILES string of the molecule is O=C(CN1C(=O)S/C(=C\c2ccccc2F)C1=O)NCCCO. The van der Waals surface area contributed by atoms with Gasteiger partial charge in [-0.25, -0.2) is 4.39 Å². The maximum Gasteiger partial charge on any atom is 0.294 e. The number of aliphatic hydroxyl groups is 1. The van der Waals surface area contributed by atoms with E-state index in [4.69, 9.17) is 5.11 Å². The van der Waals surface area contributed by atoms with Gasteiger partial charge < -0.3 is 10.4 Å². The molecule has 0 aliphatic carbocycles. The van der Waals surface area contributed by atoms with E-state index in [-0.39, 0.29) is 23.6 Å². The van der Waals surface area contributed by atoms with Crippen LogP contribution in [0.5, 0.6) is 0 Å². The van der Waals surface area contributed by atoms with E-state index in [9.17, 15) is 18.8 Å². The number of benzene rings is 1. The summed E-state index contributed by atoms with van der Waals surface area (Å²) < 4.78 is 13.6. The van der Waals surface area contributed by atoms with Crippen LogP contribution in [0.15, 0.2) is 29.2 Å². The molecule has 1 fully saturated rings. The monoisotopic (exact) mass is 338 g/mol. The van der Waals surface area contributed by atoms with Crippen LogP contribution in [0.1, 0.15) is 12.0 Å². The third-order valence-corrected chi connectivity index (χ3v) is 3.93. The van der Waals surface area contributed by atoms with Crippen molar-refractivity contribution < 1.29 is 23.9 Å². The van der Waals surface area contributed by atoms with Crippen molar-refractivity contribution in [1.82, 2.24) is 10.2 Å². The lowest BCUT2D eigenvalue weighted by Gasteiger charge is -2.12. The molecule has 8 heteroatoms. The Hall–Kier alpha value is -2.19. The van der Waals surface area contributed by atoms with E-state index in [0.29, 0.717) is 18.2 Å². The molecule has 1 heterocycles. The third-order valence-electron chi connectivity index (χ3n) is 3.02. The van der Waals surface area contributed by atoms with Gasteiger partial charge in [0.2, 0.25) is 5.91 Å². The molecule has 0 spiro atoms. The molecular weight excluding hydrogens is 323 g/mol. The lowest BCUT2D eigenvalue weighted by atomic mass is 10.2. The molecule has 122 valence electrons. The van der Waals surface area contributed by atoms with Crippen LogP contribution in [0.25, 0.3) is 6.08 Å². The molecule has 0 unspecified atom stereocenters. The second-order valence-corrected chi connectivity index (χ2v) is 5.71. The number of thioether (sulfide) groups is 1. The van der Waals surface area contributed by atoms with Gasteiger partial charge in [0, 0.05) is 18.7 Å². The van der Waals surface area contributed by atoms with Gasteiger partial charge in [0.15, 0.2) is 0 Å². The van der Waals surface area contributed by atoms with E-state index < -0.39 is 29.4 Å². The van der Waals surface area contributed by atoms with Gasteiger partial charge >= 0.3 is 0 Å². The van der Waals surface area contributed by atoms with Crippen molar-refractivity contribution >= 4 is 34.9 Å². The van der Waals surface area contributed by atoms with Gasteiger partial charge in [0.1, 0.15) is 12.4 Å². The Balaban J connectivity index is 2.05. The van der Waals surface area contributed by atoms with Crippen LogP contribution >= 0.6 is 11.8 Å². The summed E-state index contributed by atoms with van der Waals surface area (Å²) >= 11 is 0.668. The first-order valence-electron chi connectivity index (χ1n) is 6.90. The zero-order valence-corrected chi connectivity index (χ0v) is 12.9. The first-order valence-corrected chi connectivity index (χ1v) is 7.72. The Morgan fingerprint density at radius 2 is 2.09 bits per heavy atom. The highest BCUT2D eigenvalue weighted by Gasteiger charge is 2.36. The first kappa shape index (κ1) is 17.2. The van der Waals surface area contributed by atoms with Crippen LogP contribution in [0.3, 0.4) is 0 Å². The number of hydrogen-bond donors (Lipinski definition) is 2. The summed E-state index contributed by atoms with van der Waals surface area (Å²) in [5, 5.41) is 10.6. The Kier molecular flexibility index (Phi) is 5.89. The van der Waals surface area contributed by atoms with E-state index in [1.165, 1.54) is 24.3 Å². The predicted octanol–water partition coefficient (Wildman–Crippen LogP) is 1.36. The topological polar surface area (TPSA) is 86.7 Å². The molecule has 23 heavy (non-hydrogen) atoms. The highest BCUT2D eigenvalue weighted by atomic mass is 32.2. The van der Waals surface area contributed by atoms with E-state index in [0.717, 1.165) is 4.90 Å². The Morgan fingerprint density at radius 1 is 1.35 bits per heavy atom. The van der Waals surface area contributed by atoms with Gasteiger partial charge in [0.05, 0.1) is 4.91 Å². The second-order valence-electron chi connectivity index (χ2n) is 4.72. The standard InChI is InChI=1S/C15H15FN2O4S/c16-11-5-2-1-4-10(11)8-12-14(21)18(15(22)23-12)9-13(20)17-6-3-7-19/h1-2,4-5,8,19H,3,6-7,9H2,(H,17,20)/b12-8-. The van der Waals surface area contributed by atoms with Gasteiger partial charge in [-0.3, -0.25) is 19.3 Å². The van der Waals surface area contributed by atoms with Crippen molar-refractivity contribution in [2.75, 3.05) is 19.7 Å². The Morgan fingerprint density at radius 3 is 2.78 bits per heavy atom. The largest absolute Gasteiger partial charge is 0.396 e. The van der Waals surface area contributed by atoms with Gasteiger partial charge in [-0.2, -0.15) is 0 Å². The molecule has 2 rings (SSSR count). The van der Waals surface area contributed by atoms with Gasteiger partial charge in [0.25, 0.3) is 11.1 Å². The minimum atomic E-state index is -0.624. The zero-order valence-electron chi connectivity index (χ0n) is 12.1. The summed E-state index contributed by atoms with van der Waals surface area (Å²) in [4.78, 5) is 36.6. The van der Waals surface area contributed by atoms with Crippen LogP contribution in [0.4, 0.5) is 9.18 Å². The van der Waals surface area contributed by atoms with Crippen LogP contribution in [0.2, 0.25) is 0 Å². The highest BCUT2D eigenvalue weighted by Crippen LogP contribution is 2.32. The number of carbonyl (C=O) groups excluding carboxylic acids is 3. The van der Waals surface area contributed by atoms with Crippen LogP contribution in [0, 0.1) is 5.82 Å². The van der Waals surface area contributed by atoms with E-state index in [2.05, 4.69) is 5.32 Å². The molecule has 3 amide bonds. The number of nitrogens with one attached hydrogen (secondary N) is 1. The normalized spacial score (nSPS) is 16.3. The van der Waals surface area contributed by atoms with Crippen molar-refractivity contribution in [2.45, 2.75) is 6.42 Å². The number of aliphatic hydroxyl groups excluding tert-OH is 1. The third kappa shape index (κ3) is 4.40. The average molecular weight is 338 g/mol. The van der Waals surface area contributed by atoms with Crippen LogP contribution < -0.4 is 5.32 Å². The van der Waals surface area contributed by atoms with Crippen molar-refractivity contribution in [3.05, 3.63) is 40.6 Å². The Bertz CT molecular complexity index is 663. The smallest absolute Gasteiger partial charge is 0.294 e. The predicted molar refractivity (Wildman–Crippen MR) is 83.8 cm³/mol. The van der Waals surface area contributed by atoms with Crippen molar-refractivity contribution in [3.8, 4) is 0 Å². The van der Waals surface area contributed by atoms with E-state index >= 15 is 0 Å². The summed E-state index contributed by atoms with van der Waals surface area (Å²) in [6, 6.07) is 5.89. The molecule has 1 aliphatic rings. The molecule has 0 saturated carbocycles. The molecule has 2 N–H and O–H groups in total. The minimum Gasteiger partial charge on any atom is -0.396 e. The fourth-order valence-electron chi connectivity index (χ4n) is 1.88. The molecule has 0 aromatic heterocycles. The number of nitrogens with zero attached hydrogens (tertiary/aromatic N) is 1. The van der Waals surface area contributed by atoms with Crippen molar-refractivity contribution in [3.63, 3.8) is 0 Å². The van der Waals surface area contributed by atoms with Gasteiger partial charge in [-0.05, 0) is 30.3 Å². The molecule has 0 atom stereocenters. The maximum absolute atomic E-state index is 13.6. The molecule has 0 radical (unpaired) electrons. The lowest BCUT2D eigenvalue weighted by molar-refractivity contribution is -0.129. The summed E-state index contributed by atoms with van der Waals surface area (Å²) in [7, 11) is 0. The fraction of sp³-hybridized carbons (Fsp3) is 0.267. The number of rotatable bonds is 6. The van der Waals surface area contributed by atoms with Crippen molar-refractivity contribution in [1.29, 1.82) is 0 Å². The molecular formula is C15H15FN2O4S. The number of carbonyl (C=O) groups is 3. The van der Waals surface area contributed by atoms with Crippen molar-refractivity contribution in [2.24, 2.45) is 0 Å². The average Bonchev–Trinajstić information content (AvgIpc) is 2.77. The Labute approximate surface area is 136 Å². The molecule has 1 saturated heterocycles. The van der Waals surface area contributed by atoms with Crippen LogP contribution in [-0.4, -0.2) is 46.8 Å². The van der Waals surface area contributed by atoms with Gasteiger partial charge in [-0.15, -0.1) is 0 Å². The molecule has 0 bridgehead atoms.